The highest BCUT2D eigenvalue weighted by molar-refractivity contribution is 7.98. The van der Waals surface area contributed by atoms with Crippen molar-refractivity contribution < 1.29 is 4.52 Å². The third-order valence-corrected chi connectivity index (χ3v) is 3.03. The van der Waals surface area contributed by atoms with E-state index in [0.29, 0.717) is 5.92 Å². The van der Waals surface area contributed by atoms with Gasteiger partial charge in [-0.05, 0) is 25.0 Å². The van der Waals surface area contributed by atoms with Crippen LogP contribution in [-0.4, -0.2) is 21.9 Å². The highest BCUT2D eigenvalue weighted by atomic mass is 32.2. The van der Waals surface area contributed by atoms with Crippen molar-refractivity contribution in [2.24, 2.45) is 11.7 Å². The molecule has 1 heterocycles. The van der Waals surface area contributed by atoms with Crippen molar-refractivity contribution in [3.05, 3.63) is 11.7 Å². The molecule has 1 aromatic rings. The topological polar surface area (TPSA) is 64.9 Å². The first-order chi connectivity index (χ1) is 7.58. The summed E-state index contributed by atoms with van der Waals surface area (Å²) in [5.41, 5.74) is 5.67. The standard InChI is InChI=1S/C11H21N3OS/c1-8(2)6-11-13-10(14-15-11)7-16-5-4-9(3)12/h8-9H,4-7,12H2,1-3H3. The predicted molar refractivity (Wildman–Crippen MR) is 67.3 cm³/mol. The van der Waals surface area contributed by atoms with Gasteiger partial charge < -0.3 is 10.3 Å². The number of rotatable bonds is 7. The fraction of sp³-hybridized carbons (Fsp3) is 0.818. The number of nitrogens with two attached hydrogens (primary N) is 1. The van der Waals surface area contributed by atoms with Crippen LogP contribution in [0.1, 0.15) is 38.9 Å². The number of hydrogen-bond donors (Lipinski definition) is 1. The number of nitrogens with zero attached hydrogens (tertiary/aromatic N) is 2. The molecule has 1 atom stereocenters. The maximum absolute atomic E-state index is 5.67. The molecule has 0 bridgehead atoms. The molecule has 1 aromatic heterocycles. The molecule has 4 nitrogen and oxygen atoms in total. The number of hydrogen-bond acceptors (Lipinski definition) is 5. The van der Waals surface area contributed by atoms with Gasteiger partial charge in [-0.3, -0.25) is 0 Å². The molecule has 0 aliphatic carbocycles. The molecule has 1 unspecified atom stereocenters. The molecule has 2 N–H and O–H groups in total. The zero-order valence-corrected chi connectivity index (χ0v) is 11.1. The molecule has 0 saturated heterocycles. The lowest BCUT2D eigenvalue weighted by Crippen LogP contribution is -2.15. The molecule has 16 heavy (non-hydrogen) atoms. The van der Waals surface area contributed by atoms with E-state index in [1.165, 1.54) is 0 Å². The normalized spacial score (nSPS) is 13.3. The molecule has 0 saturated carbocycles. The fourth-order valence-electron chi connectivity index (χ4n) is 1.21. The van der Waals surface area contributed by atoms with E-state index in [4.69, 9.17) is 10.3 Å². The Morgan fingerprint density at radius 1 is 1.38 bits per heavy atom. The van der Waals surface area contributed by atoms with Crippen LogP contribution in [0.4, 0.5) is 0 Å². The van der Waals surface area contributed by atoms with Crippen molar-refractivity contribution >= 4 is 11.8 Å². The maximum atomic E-state index is 5.67. The summed E-state index contributed by atoms with van der Waals surface area (Å²) < 4.78 is 5.15. The van der Waals surface area contributed by atoms with E-state index in [0.717, 1.165) is 36.1 Å². The summed E-state index contributed by atoms with van der Waals surface area (Å²) in [5.74, 6) is 3.96. The van der Waals surface area contributed by atoms with E-state index >= 15 is 0 Å². The minimum absolute atomic E-state index is 0.272. The van der Waals surface area contributed by atoms with Gasteiger partial charge in [0, 0.05) is 12.5 Å². The molecule has 5 heteroatoms. The van der Waals surface area contributed by atoms with Crippen LogP contribution in [0.5, 0.6) is 0 Å². The van der Waals surface area contributed by atoms with Crippen molar-refractivity contribution in [2.45, 2.75) is 45.4 Å². The number of aromatic nitrogens is 2. The van der Waals surface area contributed by atoms with Crippen LogP contribution in [0.2, 0.25) is 0 Å². The van der Waals surface area contributed by atoms with Gasteiger partial charge in [0.25, 0.3) is 0 Å². The van der Waals surface area contributed by atoms with E-state index in [9.17, 15) is 0 Å². The Morgan fingerprint density at radius 3 is 2.75 bits per heavy atom. The molecule has 0 spiro atoms. The fourth-order valence-corrected chi connectivity index (χ4v) is 2.20. The molecule has 92 valence electrons. The third-order valence-electron chi connectivity index (χ3n) is 2.04. The van der Waals surface area contributed by atoms with Gasteiger partial charge in [-0.25, -0.2) is 0 Å². The van der Waals surface area contributed by atoms with Gasteiger partial charge in [-0.15, -0.1) is 0 Å². The van der Waals surface area contributed by atoms with Crippen molar-refractivity contribution in [3.63, 3.8) is 0 Å². The minimum atomic E-state index is 0.272. The van der Waals surface area contributed by atoms with Gasteiger partial charge in [0.1, 0.15) is 0 Å². The second-order valence-corrected chi connectivity index (χ2v) is 5.63. The Hall–Kier alpha value is -0.550. The average Bonchev–Trinajstić information content (AvgIpc) is 2.59. The van der Waals surface area contributed by atoms with E-state index in [1.807, 2.05) is 6.92 Å². The Morgan fingerprint density at radius 2 is 2.12 bits per heavy atom. The van der Waals surface area contributed by atoms with Crippen molar-refractivity contribution in [1.29, 1.82) is 0 Å². The predicted octanol–water partition coefficient (Wildman–Crippen LogP) is 2.24. The summed E-state index contributed by atoms with van der Waals surface area (Å²) in [6, 6.07) is 0.272. The molecular weight excluding hydrogens is 222 g/mol. The third kappa shape index (κ3) is 5.51. The van der Waals surface area contributed by atoms with Gasteiger partial charge in [-0.1, -0.05) is 19.0 Å². The van der Waals surface area contributed by atoms with Gasteiger partial charge in [0.2, 0.25) is 5.89 Å². The molecule has 1 rings (SSSR count). The van der Waals surface area contributed by atoms with Gasteiger partial charge in [0.15, 0.2) is 5.82 Å². The Labute approximate surface area is 101 Å². The lowest BCUT2D eigenvalue weighted by molar-refractivity contribution is 0.360. The van der Waals surface area contributed by atoms with Crippen LogP contribution in [0.15, 0.2) is 4.52 Å². The molecule has 0 amide bonds. The van der Waals surface area contributed by atoms with Crippen molar-refractivity contribution in [3.8, 4) is 0 Å². The first-order valence-electron chi connectivity index (χ1n) is 5.72. The summed E-state index contributed by atoms with van der Waals surface area (Å²) in [7, 11) is 0. The SMILES string of the molecule is CC(C)Cc1nc(CSCCC(C)N)no1. The maximum Gasteiger partial charge on any atom is 0.226 e. The Balaban J connectivity index is 2.24. The molecule has 0 fully saturated rings. The summed E-state index contributed by atoms with van der Waals surface area (Å²) in [6.45, 7) is 6.30. The zero-order chi connectivity index (χ0) is 12.0. The van der Waals surface area contributed by atoms with Crippen LogP contribution >= 0.6 is 11.8 Å². The highest BCUT2D eigenvalue weighted by Gasteiger charge is 2.07. The molecule has 0 aliphatic heterocycles. The zero-order valence-electron chi connectivity index (χ0n) is 10.3. The monoisotopic (exact) mass is 243 g/mol. The molecule has 0 aliphatic rings. The Kier molecular flexibility index (Phi) is 5.84. The quantitative estimate of drug-likeness (QED) is 0.744. The largest absolute Gasteiger partial charge is 0.339 e. The summed E-state index contributed by atoms with van der Waals surface area (Å²) in [6.07, 6.45) is 1.89. The van der Waals surface area contributed by atoms with E-state index in [2.05, 4.69) is 24.0 Å². The lowest BCUT2D eigenvalue weighted by atomic mass is 10.1. The second-order valence-electron chi connectivity index (χ2n) is 4.52. The second kappa shape index (κ2) is 6.91. The number of thioether (sulfide) groups is 1. The first kappa shape index (κ1) is 13.5. The van der Waals surface area contributed by atoms with Crippen LogP contribution in [0, 0.1) is 5.92 Å². The molecular formula is C11H21N3OS. The van der Waals surface area contributed by atoms with E-state index in [1.54, 1.807) is 11.8 Å². The lowest BCUT2D eigenvalue weighted by Gasteiger charge is -2.02. The molecule has 0 radical (unpaired) electrons. The van der Waals surface area contributed by atoms with Crippen molar-refractivity contribution in [1.82, 2.24) is 10.1 Å². The van der Waals surface area contributed by atoms with Gasteiger partial charge in [-0.2, -0.15) is 16.7 Å². The first-order valence-corrected chi connectivity index (χ1v) is 6.88. The summed E-state index contributed by atoms with van der Waals surface area (Å²) >= 11 is 1.80. The van der Waals surface area contributed by atoms with Gasteiger partial charge in [0.05, 0.1) is 5.75 Å². The molecule has 0 aromatic carbocycles. The summed E-state index contributed by atoms with van der Waals surface area (Å²) in [4.78, 5) is 4.34. The van der Waals surface area contributed by atoms with Gasteiger partial charge >= 0.3 is 0 Å². The van der Waals surface area contributed by atoms with Crippen LogP contribution in [0.25, 0.3) is 0 Å². The highest BCUT2D eigenvalue weighted by Crippen LogP contribution is 2.12. The summed E-state index contributed by atoms with van der Waals surface area (Å²) in [5, 5.41) is 3.95. The van der Waals surface area contributed by atoms with Crippen LogP contribution < -0.4 is 5.73 Å². The van der Waals surface area contributed by atoms with Crippen molar-refractivity contribution in [2.75, 3.05) is 5.75 Å². The van der Waals surface area contributed by atoms with Crippen LogP contribution in [0.3, 0.4) is 0 Å². The van der Waals surface area contributed by atoms with E-state index < -0.39 is 0 Å². The average molecular weight is 243 g/mol. The van der Waals surface area contributed by atoms with Crippen LogP contribution in [-0.2, 0) is 12.2 Å². The Bertz CT molecular complexity index is 299. The minimum Gasteiger partial charge on any atom is -0.339 e. The smallest absolute Gasteiger partial charge is 0.226 e. The van der Waals surface area contributed by atoms with E-state index in [-0.39, 0.29) is 6.04 Å².